The summed E-state index contributed by atoms with van der Waals surface area (Å²) >= 11 is 9.14. The van der Waals surface area contributed by atoms with Gasteiger partial charge < -0.3 is 10.1 Å². The molecule has 156 valence electrons. The Hall–Kier alpha value is -3.22. The van der Waals surface area contributed by atoms with E-state index in [1.165, 1.54) is 6.08 Å². The summed E-state index contributed by atoms with van der Waals surface area (Å²) in [6, 6.07) is 21.9. The van der Waals surface area contributed by atoms with Gasteiger partial charge in [0.15, 0.2) is 12.4 Å². The second-order valence-electron chi connectivity index (χ2n) is 6.44. The molecule has 3 aromatic carbocycles. The first kappa shape index (κ1) is 22.5. The Morgan fingerprint density at radius 1 is 0.871 bits per heavy atom. The highest BCUT2D eigenvalue weighted by Crippen LogP contribution is 2.13. The number of nitrogens with one attached hydrogen (secondary N) is 1. The van der Waals surface area contributed by atoms with Gasteiger partial charge in [-0.2, -0.15) is 0 Å². The molecule has 0 aliphatic heterocycles. The lowest BCUT2D eigenvalue weighted by Crippen LogP contribution is -2.29. The number of Topliss-reactive ketones (excluding diaryl/α,β-unsaturated/α-hetero) is 1. The zero-order valence-corrected chi connectivity index (χ0v) is 18.5. The molecule has 0 aliphatic rings. The molecule has 0 heterocycles. The average Bonchev–Trinajstić information content (AvgIpc) is 2.78. The summed E-state index contributed by atoms with van der Waals surface area (Å²) < 4.78 is 5.99. The normalized spacial score (nSPS) is 11.0. The Morgan fingerprint density at radius 2 is 1.48 bits per heavy atom. The van der Waals surface area contributed by atoms with Gasteiger partial charge in [0.25, 0.3) is 5.91 Å². The topological polar surface area (TPSA) is 72.5 Å². The molecule has 0 radical (unpaired) electrons. The number of halogens is 2. The molecule has 5 nitrogen and oxygen atoms in total. The molecule has 0 saturated carbocycles. The van der Waals surface area contributed by atoms with E-state index in [0.717, 1.165) is 4.47 Å². The van der Waals surface area contributed by atoms with Crippen LogP contribution in [0.5, 0.6) is 0 Å². The third kappa shape index (κ3) is 6.64. The number of ether oxygens (including phenoxy) is 1. The highest BCUT2D eigenvalue weighted by atomic mass is 79.9. The lowest BCUT2D eigenvalue weighted by molar-refractivity contribution is -0.138. The van der Waals surface area contributed by atoms with Crippen molar-refractivity contribution < 1.29 is 19.1 Å². The van der Waals surface area contributed by atoms with E-state index in [2.05, 4.69) is 21.2 Å². The number of carbonyl (C=O) groups excluding carboxylic acids is 3. The number of hydrogen-bond donors (Lipinski definition) is 1. The van der Waals surface area contributed by atoms with Crippen LogP contribution in [0.1, 0.15) is 26.3 Å². The van der Waals surface area contributed by atoms with Crippen LogP contribution in [-0.4, -0.2) is 24.3 Å². The van der Waals surface area contributed by atoms with Crippen LogP contribution >= 0.6 is 27.5 Å². The molecule has 0 saturated heterocycles. The van der Waals surface area contributed by atoms with Gasteiger partial charge in [-0.05, 0) is 60.2 Å². The quantitative estimate of drug-likeness (QED) is 0.273. The highest BCUT2D eigenvalue weighted by molar-refractivity contribution is 9.10. The molecular weight excluding hydrogens is 482 g/mol. The van der Waals surface area contributed by atoms with Gasteiger partial charge in [0, 0.05) is 20.6 Å². The van der Waals surface area contributed by atoms with Crippen LogP contribution < -0.4 is 5.32 Å². The van der Waals surface area contributed by atoms with Crippen molar-refractivity contribution in [3.05, 3.63) is 111 Å². The first-order chi connectivity index (χ1) is 14.9. The van der Waals surface area contributed by atoms with Crippen LogP contribution in [0.3, 0.4) is 0 Å². The SMILES string of the molecule is O=C(OCC(=O)c1ccc(Cl)cc1)C(=Cc1ccccc1)NC(=O)c1ccc(Br)cc1. The number of rotatable bonds is 7. The van der Waals surface area contributed by atoms with E-state index < -0.39 is 18.5 Å². The molecule has 1 N–H and O–H groups in total. The van der Waals surface area contributed by atoms with E-state index in [-0.39, 0.29) is 11.5 Å². The molecular formula is C24H17BrClNO4. The van der Waals surface area contributed by atoms with Crippen LogP contribution in [0.15, 0.2) is 89.0 Å². The van der Waals surface area contributed by atoms with Gasteiger partial charge in [-0.1, -0.05) is 57.9 Å². The number of carbonyl (C=O) groups is 3. The standard InChI is InChI=1S/C24H17BrClNO4/c25-19-10-6-18(7-11-19)23(29)27-21(14-16-4-2-1-3-5-16)24(30)31-15-22(28)17-8-12-20(26)13-9-17/h1-14H,15H2,(H,27,29). The van der Waals surface area contributed by atoms with E-state index in [1.807, 2.05) is 6.07 Å². The first-order valence-electron chi connectivity index (χ1n) is 9.22. The predicted molar refractivity (Wildman–Crippen MR) is 123 cm³/mol. The first-order valence-corrected chi connectivity index (χ1v) is 10.4. The minimum absolute atomic E-state index is 0.0805. The molecule has 0 atom stereocenters. The second-order valence-corrected chi connectivity index (χ2v) is 7.79. The predicted octanol–water partition coefficient (Wildman–Crippen LogP) is 5.30. The van der Waals surface area contributed by atoms with Crippen LogP contribution in [0.2, 0.25) is 5.02 Å². The van der Waals surface area contributed by atoms with Crippen molar-refractivity contribution in [2.24, 2.45) is 0 Å². The van der Waals surface area contributed by atoms with Crippen molar-refractivity contribution >= 4 is 51.3 Å². The number of amides is 1. The summed E-state index contributed by atoms with van der Waals surface area (Å²) in [5.74, 6) is -1.68. The monoisotopic (exact) mass is 497 g/mol. The fourth-order valence-electron chi connectivity index (χ4n) is 2.59. The Labute approximate surface area is 192 Å². The van der Waals surface area contributed by atoms with E-state index >= 15 is 0 Å². The molecule has 7 heteroatoms. The summed E-state index contributed by atoms with van der Waals surface area (Å²) in [7, 11) is 0. The van der Waals surface area contributed by atoms with Crippen molar-refractivity contribution in [1.82, 2.24) is 5.32 Å². The Morgan fingerprint density at radius 3 is 2.13 bits per heavy atom. The summed E-state index contributed by atoms with van der Waals surface area (Å²) in [6.45, 7) is -0.471. The molecule has 3 aromatic rings. The van der Waals surface area contributed by atoms with E-state index in [4.69, 9.17) is 16.3 Å². The molecule has 0 aliphatic carbocycles. The lowest BCUT2D eigenvalue weighted by Gasteiger charge is -2.11. The molecule has 1 amide bonds. The van der Waals surface area contributed by atoms with Gasteiger partial charge in [0.2, 0.25) is 0 Å². The van der Waals surface area contributed by atoms with Gasteiger partial charge in [-0.3, -0.25) is 9.59 Å². The Bertz CT molecular complexity index is 1110. The summed E-state index contributed by atoms with van der Waals surface area (Å²) in [5.41, 5.74) is 1.34. The minimum Gasteiger partial charge on any atom is -0.453 e. The smallest absolute Gasteiger partial charge is 0.355 e. The van der Waals surface area contributed by atoms with E-state index in [9.17, 15) is 14.4 Å². The van der Waals surface area contributed by atoms with Crippen molar-refractivity contribution in [2.75, 3.05) is 6.61 Å². The van der Waals surface area contributed by atoms with Crippen LogP contribution in [0.4, 0.5) is 0 Å². The maximum Gasteiger partial charge on any atom is 0.355 e. The second kappa shape index (κ2) is 10.7. The van der Waals surface area contributed by atoms with Crippen LogP contribution in [0, 0.1) is 0 Å². The van der Waals surface area contributed by atoms with Crippen molar-refractivity contribution in [2.45, 2.75) is 0 Å². The fraction of sp³-hybridized carbons (Fsp3) is 0.0417. The maximum atomic E-state index is 12.7. The molecule has 3 rings (SSSR count). The largest absolute Gasteiger partial charge is 0.453 e. The van der Waals surface area contributed by atoms with E-state index in [1.54, 1.807) is 72.8 Å². The summed E-state index contributed by atoms with van der Waals surface area (Å²) in [6.07, 6.45) is 1.49. The summed E-state index contributed by atoms with van der Waals surface area (Å²) in [5, 5.41) is 3.07. The van der Waals surface area contributed by atoms with Crippen LogP contribution in [-0.2, 0) is 9.53 Å². The minimum atomic E-state index is -0.823. The number of ketones is 1. The van der Waals surface area contributed by atoms with Gasteiger partial charge in [0.1, 0.15) is 5.70 Å². The van der Waals surface area contributed by atoms with Gasteiger partial charge in [-0.25, -0.2) is 4.79 Å². The molecule has 0 bridgehead atoms. The third-order valence-corrected chi connectivity index (χ3v) is 4.97. The zero-order valence-electron chi connectivity index (χ0n) is 16.2. The van der Waals surface area contributed by atoms with Crippen LogP contribution in [0.25, 0.3) is 6.08 Å². The van der Waals surface area contributed by atoms with Crippen molar-refractivity contribution in [3.63, 3.8) is 0 Å². The highest BCUT2D eigenvalue weighted by Gasteiger charge is 2.18. The Kier molecular flexibility index (Phi) is 7.76. The Balaban J connectivity index is 1.75. The summed E-state index contributed by atoms with van der Waals surface area (Å²) in [4.78, 5) is 37.6. The van der Waals surface area contributed by atoms with Gasteiger partial charge >= 0.3 is 5.97 Å². The number of benzene rings is 3. The lowest BCUT2D eigenvalue weighted by atomic mass is 10.1. The fourth-order valence-corrected chi connectivity index (χ4v) is 2.98. The van der Waals surface area contributed by atoms with Crippen molar-refractivity contribution in [1.29, 1.82) is 0 Å². The molecule has 0 spiro atoms. The van der Waals surface area contributed by atoms with Gasteiger partial charge in [0.05, 0.1) is 0 Å². The number of hydrogen-bond acceptors (Lipinski definition) is 4. The van der Waals surface area contributed by atoms with Crippen molar-refractivity contribution in [3.8, 4) is 0 Å². The maximum absolute atomic E-state index is 12.7. The van der Waals surface area contributed by atoms with Gasteiger partial charge in [-0.15, -0.1) is 0 Å². The molecule has 0 unspecified atom stereocenters. The molecule has 0 fully saturated rings. The average molecular weight is 499 g/mol. The third-order valence-electron chi connectivity index (χ3n) is 4.19. The molecule has 0 aromatic heterocycles. The molecule has 31 heavy (non-hydrogen) atoms. The number of esters is 1. The van der Waals surface area contributed by atoms with E-state index in [0.29, 0.717) is 21.7 Å². The zero-order chi connectivity index (χ0) is 22.2.